The average Bonchev–Trinajstić information content (AvgIpc) is 3.08. The Labute approximate surface area is 103 Å². The van der Waals surface area contributed by atoms with Crippen LogP contribution < -0.4 is 10.6 Å². The molecule has 0 heterocycles. The zero-order valence-corrected chi connectivity index (χ0v) is 10.4. The monoisotopic (exact) mass is 232 g/mol. The van der Waals surface area contributed by atoms with Crippen LogP contribution in [-0.2, 0) is 4.79 Å². The van der Waals surface area contributed by atoms with Crippen molar-refractivity contribution in [2.24, 2.45) is 5.92 Å². The van der Waals surface area contributed by atoms with Crippen LogP contribution in [-0.4, -0.2) is 18.0 Å². The number of anilines is 1. The molecule has 2 rings (SSSR count). The molecule has 3 nitrogen and oxygen atoms in total. The van der Waals surface area contributed by atoms with Gasteiger partial charge < -0.3 is 10.6 Å². The highest BCUT2D eigenvalue weighted by Gasteiger charge is 2.36. The largest absolute Gasteiger partial charge is 0.325 e. The number of amides is 1. The third kappa shape index (κ3) is 3.30. The molecule has 1 aliphatic rings. The van der Waals surface area contributed by atoms with Gasteiger partial charge in [0.05, 0.1) is 6.04 Å². The Kier molecular flexibility index (Phi) is 3.79. The molecule has 17 heavy (non-hydrogen) atoms. The summed E-state index contributed by atoms with van der Waals surface area (Å²) in [6.07, 6.45) is 2.41. The van der Waals surface area contributed by atoms with Gasteiger partial charge in [0.15, 0.2) is 0 Å². The molecule has 3 heteroatoms. The number of nitrogens with one attached hydrogen (secondary N) is 2. The Morgan fingerprint density at radius 2 is 2.12 bits per heavy atom. The predicted octanol–water partition coefficient (Wildman–Crippen LogP) is 2.40. The van der Waals surface area contributed by atoms with E-state index in [1.807, 2.05) is 37.3 Å². The fraction of sp³-hybridized carbons (Fsp3) is 0.500. The van der Waals surface area contributed by atoms with E-state index >= 15 is 0 Å². The van der Waals surface area contributed by atoms with Gasteiger partial charge in [0.1, 0.15) is 0 Å². The van der Waals surface area contributed by atoms with Crippen LogP contribution in [0, 0.1) is 5.92 Å². The number of hydrogen-bond donors (Lipinski definition) is 2. The van der Waals surface area contributed by atoms with Crippen LogP contribution in [0.15, 0.2) is 30.3 Å². The highest BCUT2D eigenvalue weighted by Crippen LogP contribution is 2.33. The topological polar surface area (TPSA) is 41.1 Å². The van der Waals surface area contributed by atoms with Gasteiger partial charge in [-0.25, -0.2) is 0 Å². The molecular formula is C14H20N2O. The maximum atomic E-state index is 11.9. The molecule has 1 aliphatic carbocycles. The summed E-state index contributed by atoms with van der Waals surface area (Å²) in [5, 5.41) is 6.27. The molecule has 1 amide bonds. The van der Waals surface area contributed by atoms with Crippen LogP contribution in [0.2, 0.25) is 0 Å². The predicted molar refractivity (Wildman–Crippen MR) is 69.9 cm³/mol. The summed E-state index contributed by atoms with van der Waals surface area (Å²) in [5.41, 5.74) is 0.856. The maximum absolute atomic E-state index is 11.9. The summed E-state index contributed by atoms with van der Waals surface area (Å²) >= 11 is 0. The number of rotatable bonds is 5. The lowest BCUT2D eigenvalue weighted by Crippen LogP contribution is -2.39. The van der Waals surface area contributed by atoms with Gasteiger partial charge in [-0.05, 0) is 31.4 Å². The van der Waals surface area contributed by atoms with E-state index in [1.165, 1.54) is 12.8 Å². The van der Waals surface area contributed by atoms with E-state index in [9.17, 15) is 4.79 Å². The minimum atomic E-state index is -0.128. The minimum absolute atomic E-state index is 0.0398. The number of para-hydroxylation sites is 1. The average molecular weight is 232 g/mol. The Balaban J connectivity index is 1.80. The van der Waals surface area contributed by atoms with Crippen molar-refractivity contribution in [3.63, 3.8) is 0 Å². The normalized spacial score (nSPS) is 24.1. The number of carbonyl (C=O) groups is 1. The molecule has 1 aromatic rings. The first-order valence-corrected chi connectivity index (χ1v) is 6.32. The van der Waals surface area contributed by atoms with Crippen molar-refractivity contribution in [1.29, 1.82) is 0 Å². The van der Waals surface area contributed by atoms with Crippen molar-refractivity contribution in [2.45, 2.75) is 38.8 Å². The van der Waals surface area contributed by atoms with Crippen LogP contribution in [0.3, 0.4) is 0 Å². The fourth-order valence-electron chi connectivity index (χ4n) is 2.07. The smallest absolute Gasteiger partial charge is 0.241 e. The first-order valence-electron chi connectivity index (χ1n) is 6.32. The van der Waals surface area contributed by atoms with Crippen LogP contribution in [0.1, 0.15) is 26.7 Å². The van der Waals surface area contributed by atoms with Gasteiger partial charge in [0.25, 0.3) is 0 Å². The summed E-state index contributed by atoms with van der Waals surface area (Å²) in [5.74, 6) is 0.805. The molecule has 1 aromatic carbocycles. The number of carbonyl (C=O) groups excluding carboxylic acids is 1. The molecule has 0 bridgehead atoms. The van der Waals surface area contributed by atoms with Gasteiger partial charge in [-0.3, -0.25) is 4.79 Å². The second-order valence-electron chi connectivity index (χ2n) is 4.75. The Bertz CT molecular complexity index is 377. The lowest BCUT2D eigenvalue weighted by molar-refractivity contribution is -0.117. The molecule has 0 aliphatic heterocycles. The van der Waals surface area contributed by atoms with Crippen molar-refractivity contribution in [2.75, 3.05) is 5.32 Å². The van der Waals surface area contributed by atoms with Crippen LogP contribution in [0.4, 0.5) is 5.69 Å². The molecule has 0 aromatic heterocycles. The molecule has 92 valence electrons. The molecule has 0 spiro atoms. The lowest BCUT2D eigenvalue weighted by Gasteiger charge is -2.13. The fourth-order valence-corrected chi connectivity index (χ4v) is 2.07. The molecule has 1 saturated carbocycles. The molecule has 3 atom stereocenters. The third-order valence-electron chi connectivity index (χ3n) is 3.35. The van der Waals surface area contributed by atoms with Gasteiger partial charge in [0.2, 0.25) is 5.91 Å². The summed E-state index contributed by atoms with van der Waals surface area (Å²) in [4.78, 5) is 11.9. The van der Waals surface area contributed by atoms with E-state index in [-0.39, 0.29) is 11.9 Å². The third-order valence-corrected chi connectivity index (χ3v) is 3.35. The summed E-state index contributed by atoms with van der Waals surface area (Å²) < 4.78 is 0. The van der Waals surface area contributed by atoms with Crippen LogP contribution in [0.25, 0.3) is 0 Å². The van der Waals surface area contributed by atoms with E-state index in [4.69, 9.17) is 0 Å². The molecule has 1 fully saturated rings. The second-order valence-corrected chi connectivity index (χ2v) is 4.75. The highest BCUT2D eigenvalue weighted by molar-refractivity contribution is 5.94. The van der Waals surface area contributed by atoms with Crippen molar-refractivity contribution >= 4 is 11.6 Å². The van der Waals surface area contributed by atoms with Crippen LogP contribution >= 0.6 is 0 Å². The second kappa shape index (κ2) is 5.32. The van der Waals surface area contributed by atoms with Crippen molar-refractivity contribution in [3.8, 4) is 0 Å². The maximum Gasteiger partial charge on any atom is 0.241 e. The SMILES string of the molecule is CCC1CC1NC(C)C(=O)Nc1ccccc1. The lowest BCUT2D eigenvalue weighted by atomic mass is 10.2. The quantitative estimate of drug-likeness (QED) is 0.818. The van der Waals surface area contributed by atoms with E-state index in [2.05, 4.69) is 17.6 Å². The van der Waals surface area contributed by atoms with Gasteiger partial charge in [0, 0.05) is 11.7 Å². The van der Waals surface area contributed by atoms with E-state index in [1.54, 1.807) is 0 Å². The van der Waals surface area contributed by atoms with Crippen molar-refractivity contribution in [3.05, 3.63) is 30.3 Å². The molecule has 3 unspecified atom stereocenters. The zero-order chi connectivity index (χ0) is 12.3. The summed E-state index contributed by atoms with van der Waals surface area (Å²) in [6.45, 7) is 4.12. The number of benzene rings is 1. The zero-order valence-electron chi connectivity index (χ0n) is 10.4. The molecule has 0 radical (unpaired) electrons. The van der Waals surface area contributed by atoms with E-state index in [0.717, 1.165) is 11.6 Å². The molecule has 2 N–H and O–H groups in total. The van der Waals surface area contributed by atoms with Gasteiger partial charge in [-0.1, -0.05) is 31.5 Å². The van der Waals surface area contributed by atoms with Crippen molar-refractivity contribution in [1.82, 2.24) is 5.32 Å². The van der Waals surface area contributed by atoms with E-state index < -0.39 is 0 Å². The first kappa shape index (κ1) is 12.1. The van der Waals surface area contributed by atoms with Gasteiger partial charge in [-0.2, -0.15) is 0 Å². The Morgan fingerprint density at radius 1 is 1.41 bits per heavy atom. The van der Waals surface area contributed by atoms with Crippen LogP contribution in [0.5, 0.6) is 0 Å². The minimum Gasteiger partial charge on any atom is -0.325 e. The Morgan fingerprint density at radius 3 is 2.71 bits per heavy atom. The summed E-state index contributed by atoms with van der Waals surface area (Å²) in [7, 11) is 0. The van der Waals surface area contributed by atoms with Gasteiger partial charge >= 0.3 is 0 Å². The Hall–Kier alpha value is -1.35. The standard InChI is InChI=1S/C14H20N2O/c1-3-11-9-13(11)15-10(2)14(17)16-12-7-5-4-6-8-12/h4-8,10-11,13,15H,3,9H2,1-2H3,(H,16,17). The van der Waals surface area contributed by atoms with E-state index in [0.29, 0.717) is 6.04 Å². The molecule has 0 saturated heterocycles. The first-order chi connectivity index (χ1) is 8.20. The van der Waals surface area contributed by atoms with Gasteiger partial charge in [-0.15, -0.1) is 0 Å². The number of hydrogen-bond acceptors (Lipinski definition) is 2. The van der Waals surface area contributed by atoms with Crippen molar-refractivity contribution < 1.29 is 4.79 Å². The summed E-state index contributed by atoms with van der Waals surface area (Å²) in [6, 6.07) is 9.98. The highest BCUT2D eigenvalue weighted by atomic mass is 16.2. The molecular weight excluding hydrogens is 212 g/mol.